The minimum Gasteiger partial charge on any atom is -0.371 e. The molecule has 0 saturated carbocycles. The van der Waals surface area contributed by atoms with Gasteiger partial charge in [-0.1, -0.05) is 48.5 Å². The molecule has 3 heterocycles. The minimum atomic E-state index is -0.0216. The molecule has 2 saturated heterocycles. The Morgan fingerprint density at radius 3 is 2.67 bits per heavy atom. The van der Waals surface area contributed by atoms with Gasteiger partial charge in [-0.2, -0.15) is 4.98 Å². The number of aromatic nitrogens is 2. The molecule has 1 aromatic heterocycles. The van der Waals surface area contributed by atoms with Crippen molar-refractivity contribution in [3.63, 3.8) is 0 Å². The Morgan fingerprint density at radius 1 is 1.06 bits per heavy atom. The summed E-state index contributed by atoms with van der Waals surface area (Å²) in [4.78, 5) is 22.3. The molecule has 0 spiro atoms. The number of hydrogen-bond acceptors (Lipinski definition) is 6. The molecular weight excluding hydrogens is 450 g/mol. The highest BCUT2D eigenvalue weighted by atomic mass is 16.5. The van der Waals surface area contributed by atoms with Crippen LogP contribution in [-0.2, 0) is 17.9 Å². The number of aryl methyl sites for hydroxylation is 1. The molecular formula is C29H37N5O2. The average Bonchev–Trinajstić information content (AvgIpc) is 3.36. The van der Waals surface area contributed by atoms with E-state index < -0.39 is 0 Å². The summed E-state index contributed by atoms with van der Waals surface area (Å²) in [7, 11) is 0. The van der Waals surface area contributed by atoms with Crippen LogP contribution in [0.25, 0.3) is 11.4 Å². The van der Waals surface area contributed by atoms with Crippen LogP contribution in [0.3, 0.4) is 0 Å². The first-order valence-electron chi connectivity index (χ1n) is 13.3. The van der Waals surface area contributed by atoms with Crippen LogP contribution in [0.1, 0.15) is 49.6 Å². The predicted molar refractivity (Wildman–Crippen MR) is 141 cm³/mol. The number of amides is 1. The maximum Gasteiger partial charge on any atom is 0.241 e. The number of piperidine rings is 2. The lowest BCUT2D eigenvalue weighted by Crippen LogP contribution is -2.42. The minimum absolute atomic E-state index is 0.0216. The molecule has 7 heteroatoms. The monoisotopic (exact) mass is 487 g/mol. The molecule has 2 aliphatic rings. The summed E-state index contributed by atoms with van der Waals surface area (Å²) in [6.45, 7) is 9.41. The molecule has 190 valence electrons. The molecule has 0 aliphatic carbocycles. The van der Waals surface area contributed by atoms with Gasteiger partial charge in [-0.3, -0.25) is 9.69 Å². The Kier molecular flexibility index (Phi) is 7.66. The maximum absolute atomic E-state index is 12.9. The smallest absolute Gasteiger partial charge is 0.241 e. The van der Waals surface area contributed by atoms with Gasteiger partial charge in [0.1, 0.15) is 0 Å². The number of carbonyl (C=O) groups excluding carboxylic acids is 1. The molecule has 2 fully saturated rings. The van der Waals surface area contributed by atoms with Crippen molar-refractivity contribution >= 4 is 11.6 Å². The Labute approximate surface area is 213 Å². The molecule has 1 N–H and O–H groups in total. The van der Waals surface area contributed by atoms with Crippen LogP contribution >= 0.6 is 0 Å². The van der Waals surface area contributed by atoms with Gasteiger partial charge >= 0.3 is 0 Å². The summed E-state index contributed by atoms with van der Waals surface area (Å²) in [5, 5.41) is 7.33. The van der Waals surface area contributed by atoms with E-state index in [-0.39, 0.29) is 11.8 Å². The number of carbonyl (C=O) groups is 1. The molecule has 2 aromatic carbocycles. The Hall–Kier alpha value is -3.19. The largest absolute Gasteiger partial charge is 0.371 e. The Bertz CT molecular complexity index is 1160. The van der Waals surface area contributed by atoms with E-state index in [4.69, 9.17) is 4.52 Å². The van der Waals surface area contributed by atoms with Crippen LogP contribution in [-0.4, -0.2) is 47.1 Å². The highest BCUT2D eigenvalue weighted by molar-refractivity contribution is 5.79. The van der Waals surface area contributed by atoms with E-state index in [1.165, 1.54) is 18.5 Å². The van der Waals surface area contributed by atoms with Crippen molar-refractivity contribution in [2.45, 2.75) is 52.6 Å². The van der Waals surface area contributed by atoms with Crippen LogP contribution in [0, 0.1) is 18.8 Å². The number of nitrogens with zero attached hydrogens (tertiary/aromatic N) is 4. The zero-order valence-corrected chi connectivity index (χ0v) is 21.4. The summed E-state index contributed by atoms with van der Waals surface area (Å²) in [6, 6.07) is 16.7. The van der Waals surface area contributed by atoms with E-state index in [1.807, 2.05) is 31.2 Å². The standard InChI is InChI=1S/C29H37N5O2/c1-21-7-5-16-34(18-21)25-13-11-23(12-14-25)17-30-29(35)24-9-6-15-33(19-24)20-27-31-28(32-36-27)26-10-4-3-8-22(26)2/h3-4,8,10-14,21,24H,5-7,9,15-20H2,1-2H3,(H,30,35). The van der Waals surface area contributed by atoms with Crippen molar-refractivity contribution in [2.75, 3.05) is 31.1 Å². The zero-order chi connectivity index (χ0) is 24.9. The fraction of sp³-hybridized carbons (Fsp3) is 0.483. The van der Waals surface area contributed by atoms with E-state index in [1.54, 1.807) is 0 Å². The average molecular weight is 488 g/mol. The van der Waals surface area contributed by atoms with Gasteiger partial charge in [0.05, 0.1) is 12.5 Å². The summed E-state index contributed by atoms with van der Waals surface area (Å²) in [5.74, 6) is 2.07. The van der Waals surface area contributed by atoms with Gasteiger partial charge in [-0.25, -0.2) is 0 Å². The van der Waals surface area contributed by atoms with Gasteiger partial charge in [-0.05, 0) is 68.3 Å². The molecule has 3 aromatic rings. The number of anilines is 1. The number of nitrogens with one attached hydrogen (secondary N) is 1. The first-order valence-corrected chi connectivity index (χ1v) is 13.3. The van der Waals surface area contributed by atoms with Crippen LogP contribution in [0.4, 0.5) is 5.69 Å². The molecule has 2 aliphatic heterocycles. The third-order valence-electron chi connectivity index (χ3n) is 7.51. The summed E-state index contributed by atoms with van der Waals surface area (Å²) >= 11 is 0. The van der Waals surface area contributed by atoms with E-state index in [2.05, 4.69) is 56.4 Å². The van der Waals surface area contributed by atoms with Gasteiger partial charge in [-0.15, -0.1) is 0 Å². The Morgan fingerprint density at radius 2 is 1.86 bits per heavy atom. The van der Waals surface area contributed by atoms with Crippen LogP contribution in [0.5, 0.6) is 0 Å². The van der Waals surface area contributed by atoms with Gasteiger partial charge in [0, 0.05) is 37.4 Å². The van der Waals surface area contributed by atoms with Crippen LogP contribution in [0.2, 0.25) is 0 Å². The van der Waals surface area contributed by atoms with Gasteiger partial charge in [0.25, 0.3) is 0 Å². The number of hydrogen-bond donors (Lipinski definition) is 1. The first-order chi connectivity index (χ1) is 17.5. The van der Waals surface area contributed by atoms with Gasteiger partial charge < -0.3 is 14.7 Å². The fourth-order valence-electron chi connectivity index (χ4n) is 5.44. The molecule has 1 amide bonds. The molecule has 36 heavy (non-hydrogen) atoms. The summed E-state index contributed by atoms with van der Waals surface area (Å²) in [5.41, 5.74) is 4.53. The lowest BCUT2D eigenvalue weighted by Gasteiger charge is -2.33. The second-order valence-corrected chi connectivity index (χ2v) is 10.5. The number of rotatable bonds is 7. The van der Waals surface area contributed by atoms with Gasteiger partial charge in [0.2, 0.25) is 17.6 Å². The first kappa shape index (κ1) is 24.5. The molecule has 0 bridgehead atoms. The van der Waals surface area contributed by atoms with E-state index in [0.717, 1.165) is 55.1 Å². The lowest BCUT2D eigenvalue weighted by molar-refractivity contribution is -0.127. The topological polar surface area (TPSA) is 74.5 Å². The van der Waals surface area contributed by atoms with Gasteiger partial charge in [0.15, 0.2) is 0 Å². The van der Waals surface area contributed by atoms with E-state index >= 15 is 0 Å². The summed E-state index contributed by atoms with van der Waals surface area (Å²) < 4.78 is 5.53. The molecule has 5 rings (SSSR count). The second kappa shape index (κ2) is 11.2. The molecule has 0 radical (unpaired) electrons. The summed E-state index contributed by atoms with van der Waals surface area (Å²) in [6.07, 6.45) is 4.48. The highest BCUT2D eigenvalue weighted by Crippen LogP contribution is 2.24. The van der Waals surface area contributed by atoms with Crippen molar-refractivity contribution in [1.82, 2.24) is 20.4 Å². The fourth-order valence-corrected chi connectivity index (χ4v) is 5.44. The number of likely N-dealkylation sites (tertiary alicyclic amines) is 1. The highest BCUT2D eigenvalue weighted by Gasteiger charge is 2.27. The third-order valence-corrected chi connectivity index (χ3v) is 7.51. The Balaban J connectivity index is 1.11. The third kappa shape index (κ3) is 5.95. The van der Waals surface area contributed by atoms with Crippen molar-refractivity contribution in [2.24, 2.45) is 11.8 Å². The van der Waals surface area contributed by atoms with Crippen molar-refractivity contribution in [1.29, 1.82) is 0 Å². The normalized spacial score (nSPS) is 20.9. The zero-order valence-electron chi connectivity index (χ0n) is 21.4. The van der Waals surface area contributed by atoms with Crippen LogP contribution in [0.15, 0.2) is 53.1 Å². The van der Waals surface area contributed by atoms with Crippen LogP contribution < -0.4 is 10.2 Å². The lowest BCUT2D eigenvalue weighted by atomic mass is 9.97. The van der Waals surface area contributed by atoms with E-state index in [0.29, 0.717) is 31.3 Å². The van der Waals surface area contributed by atoms with Crippen molar-refractivity contribution < 1.29 is 9.32 Å². The molecule has 2 atom stereocenters. The van der Waals surface area contributed by atoms with Crippen molar-refractivity contribution in [3.05, 3.63) is 65.5 Å². The predicted octanol–water partition coefficient (Wildman–Crippen LogP) is 4.81. The maximum atomic E-state index is 12.9. The molecule has 7 nitrogen and oxygen atoms in total. The quantitative estimate of drug-likeness (QED) is 0.516. The number of benzene rings is 2. The molecule has 2 unspecified atom stereocenters. The second-order valence-electron chi connectivity index (χ2n) is 10.5. The van der Waals surface area contributed by atoms with E-state index in [9.17, 15) is 4.79 Å². The SMILES string of the molecule is Cc1ccccc1-c1noc(CN2CCCC(C(=O)NCc3ccc(N4CCCC(C)C4)cc3)C2)n1. The van der Waals surface area contributed by atoms with Crippen molar-refractivity contribution in [3.8, 4) is 11.4 Å².